The number of aromatic nitrogens is 2. The molecule has 0 aromatic carbocycles. The maximum atomic E-state index is 13.3. The highest BCUT2D eigenvalue weighted by Gasteiger charge is 2.63. The molecule has 2 N–H and O–H groups in total. The number of ether oxygens (including phenoxy) is 3. The number of hydrogen-bond acceptors (Lipinski definition) is 12. The lowest BCUT2D eigenvalue weighted by Crippen LogP contribution is -2.41. The number of H-pyrrole nitrogens is 2. The van der Waals surface area contributed by atoms with Crippen LogP contribution >= 0.6 is 16.1 Å². The minimum absolute atomic E-state index is 0.0322. The number of hydrogen-bond donors (Lipinski definition) is 2. The molecule has 1 saturated carbocycles. The van der Waals surface area contributed by atoms with Gasteiger partial charge >= 0.3 is 13.3 Å². The Morgan fingerprint density at radius 3 is 2.31 bits per heavy atom. The molecule has 1 aromatic heterocycles. The molecule has 0 radical (unpaired) electrons. The maximum absolute atomic E-state index is 13.3. The fourth-order valence-electron chi connectivity index (χ4n) is 5.34. The predicted molar refractivity (Wildman–Crippen MR) is 155 cm³/mol. The van der Waals surface area contributed by atoms with Gasteiger partial charge in [0.1, 0.15) is 18.3 Å². The van der Waals surface area contributed by atoms with Crippen LogP contribution in [-0.4, -0.2) is 91.8 Å². The Hall–Kier alpha value is -1.49. The third-order valence-corrected chi connectivity index (χ3v) is 11.9. The van der Waals surface area contributed by atoms with Gasteiger partial charge in [-0.25, -0.2) is 9.46 Å². The molecule has 1 aliphatic heterocycles. The summed E-state index contributed by atoms with van der Waals surface area (Å²) in [6.07, 6.45) is -2.51. The standard InChI is InChI=1S/C26H44N4O10P2/c1-15(2)30(16(3)4)41(38-11-9-10-27)40-24-21(18-14-19(18)42(33,35-7)36-8)39-22(23(24)37-13-12-34-6)20-17(5)25(31)29-26(32)28-20/h15-16,18-19,21-24H,9,11-14H2,1-8H3,(H2,28,29,31,32)/t18?,19?,21-,22+,23?,24?,41?/m1/s1. The van der Waals surface area contributed by atoms with E-state index in [-0.39, 0.29) is 55.5 Å². The van der Waals surface area contributed by atoms with Crippen molar-refractivity contribution in [2.45, 2.75) is 89.6 Å². The molecule has 2 aliphatic rings. The topological polar surface area (TPSA) is 174 Å². The summed E-state index contributed by atoms with van der Waals surface area (Å²) in [4.78, 5) is 29.9. The van der Waals surface area contributed by atoms with Crippen molar-refractivity contribution in [1.29, 1.82) is 5.26 Å². The molecule has 1 saturated heterocycles. The SMILES string of the molecule is COCCOC1C(OP(OCCC#N)N(C(C)C)C(C)C)[C@@H](C2CC2P(=O)(OC)OC)O[C@H]1c1[nH]c(=O)[nH]c(=O)c1C. The molecule has 5 unspecified atom stereocenters. The first-order valence-corrected chi connectivity index (χ1v) is 16.7. The molecule has 14 nitrogen and oxygen atoms in total. The highest BCUT2D eigenvalue weighted by molar-refractivity contribution is 7.55. The third kappa shape index (κ3) is 7.96. The molecule has 238 valence electrons. The molecular formula is C26H44N4O10P2. The van der Waals surface area contributed by atoms with E-state index in [1.165, 1.54) is 14.2 Å². The summed E-state index contributed by atoms with van der Waals surface area (Å²) in [5, 5.41) is 9.15. The van der Waals surface area contributed by atoms with Crippen molar-refractivity contribution in [2.24, 2.45) is 5.92 Å². The van der Waals surface area contributed by atoms with E-state index in [4.69, 9.17) is 37.6 Å². The minimum Gasteiger partial charge on any atom is -0.382 e. The Labute approximate surface area is 247 Å². The van der Waals surface area contributed by atoms with Crippen LogP contribution < -0.4 is 11.2 Å². The maximum Gasteiger partial charge on any atom is 0.333 e. The molecule has 16 heteroatoms. The first-order valence-electron chi connectivity index (χ1n) is 14.0. The molecule has 0 bridgehead atoms. The minimum atomic E-state index is -3.43. The molecular weight excluding hydrogens is 590 g/mol. The van der Waals surface area contributed by atoms with Gasteiger partial charge in [0.25, 0.3) is 14.1 Å². The summed E-state index contributed by atoms with van der Waals surface area (Å²) in [7, 11) is -0.919. The first-order chi connectivity index (χ1) is 19.9. The number of nitriles is 1. The Morgan fingerprint density at radius 1 is 1.07 bits per heavy atom. The van der Waals surface area contributed by atoms with Crippen LogP contribution in [0.2, 0.25) is 0 Å². The van der Waals surface area contributed by atoms with E-state index in [9.17, 15) is 14.2 Å². The molecule has 1 aliphatic carbocycles. The van der Waals surface area contributed by atoms with Gasteiger partial charge in [-0.2, -0.15) is 5.26 Å². The fourth-order valence-corrected chi connectivity index (χ4v) is 8.93. The van der Waals surface area contributed by atoms with E-state index in [0.717, 1.165) is 0 Å². The van der Waals surface area contributed by atoms with Gasteiger partial charge in [0.15, 0.2) is 0 Å². The van der Waals surface area contributed by atoms with Crippen LogP contribution in [0.5, 0.6) is 0 Å². The van der Waals surface area contributed by atoms with Crippen LogP contribution in [0.25, 0.3) is 0 Å². The molecule has 1 aromatic rings. The van der Waals surface area contributed by atoms with Gasteiger partial charge in [-0.05, 0) is 41.0 Å². The Morgan fingerprint density at radius 2 is 1.74 bits per heavy atom. The predicted octanol–water partition coefficient (Wildman–Crippen LogP) is 3.38. The van der Waals surface area contributed by atoms with E-state index in [1.54, 1.807) is 14.0 Å². The molecule has 7 atom stereocenters. The van der Waals surface area contributed by atoms with Gasteiger partial charge in [-0.15, -0.1) is 0 Å². The average molecular weight is 635 g/mol. The van der Waals surface area contributed by atoms with Crippen LogP contribution in [0.4, 0.5) is 0 Å². The van der Waals surface area contributed by atoms with Gasteiger partial charge in [0.05, 0.1) is 49.8 Å². The monoisotopic (exact) mass is 634 g/mol. The average Bonchev–Trinajstić information content (AvgIpc) is 3.67. The van der Waals surface area contributed by atoms with Crippen molar-refractivity contribution in [1.82, 2.24) is 14.6 Å². The zero-order valence-corrected chi connectivity index (χ0v) is 27.3. The number of nitrogens with zero attached hydrogens (tertiary/aromatic N) is 2. The normalized spacial score (nSPS) is 26.7. The quantitative estimate of drug-likeness (QED) is 0.189. The molecule has 2 fully saturated rings. The number of rotatable bonds is 17. The molecule has 0 amide bonds. The largest absolute Gasteiger partial charge is 0.382 e. The first kappa shape index (κ1) is 35.0. The number of nitrogens with one attached hydrogen (secondary N) is 2. The summed E-state index contributed by atoms with van der Waals surface area (Å²) in [5.41, 5.74) is -1.14. The van der Waals surface area contributed by atoms with Crippen molar-refractivity contribution in [3.05, 3.63) is 32.1 Å². The Kier molecular flexibility index (Phi) is 12.9. The second-order valence-corrected chi connectivity index (χ2v) is 14.7. The molecule has 3 rings (SSSR count). The van der Waals surface area contributed by atoms with Gasteiger partial charge < -0.3 is 37.3 Å². The van der Waals surface area contributed by atoms with Crippen LogP contribution in [0, 0.1) is 24.2 Å². The molecule has 2 heterocycles. The third-order valence-electron chi connectivity index (χ3n) is 7.37. The highest BCUT2D eigenvalue weighted by Crippen LogP contribution is 2.67. The second kappa shape index (κ2) is 15.5. The lowest BCUT2D eigenvalue weighted by Gasteiger charge is -2.38. The van der Waals surface area contributed by atoms with Gasteiger partial charge in [-0.3, -0.25) is 14.3 Å². The summed E-state index contributed by atoms with van der Waals surface area (Å²) in [6.45, 7) is 10.3. The van der Waals surface area contributed by atoms with E-state index >= 15 is 0 Å². The number of methoxy groups -OCH3 is 1. The van der Waals surface area contributed by atoms with Crippen molar-refractivity contribution in [2.75, 3.05) is 41.2 Å². The van der Waals surface area contributed by atoms with E-state index in [1.807, 2.05) is 27.7 Å². The van der Waals surface area contributed by atoms with Gasteiger partial charge in [0.2, 0.25) is 0 Å². The Balaban J connectivity index is 2.10. The zero-order valence-electron chi connectivity index (χ0n) is 25.5. The van der Waals surface area contributed by atoms with Crippen LogP contribution in [0.15, 0.2) is 9.59 Å². The van der Waals surface area contributed by atoms with Gasteiger partial charge in [0, 0.05) is 44.9 Å². The lowest BCUT2D eigenvalue weighted by atomic mass is 10.0. The summed E-state index contributed by atoms with van der Waals surface area (Å²) < 4.78 is 57.1. The van der Waals surface area contributed by atoms with Crippen molar-refractivity contribution < 1.29 is 36.9 Å². The smallest absolute Gasteiger partial charge is 0.333 e. The van der Waals surface area contributed by atoms with Crippen LogP contribution in [0.1, 0.15) is 57.9 Å². The van der Waals surface area contributed by atoms with E-state index in [0.29, 0.717) is 6.42 Å². The number of aromatic amines is 2. The van der Waals surface area contributed by atoms with Crippen LogP contribution in [-0.2, 0) is 36.9 Å². The lowest BCUT2D eigenvalue weighted by molar-refractivity contribution is -0.0520. The summed E-state index contributed by atoms with van der Waals surface area (Å²) >= 11 is 0. The highest BCUT2D eigenvalue weighted by atomic mass is 31.2. The van der Waals surface area contributed by atoms with Crippen molar-refractivity contribution in [3.63, 3.8) is 0 Å². The van der Waals surface area contributed by atoms with E-state index < -0.39 is 57.4 Å². The van der Waals surface area contributed by atoms with Crippen molar-refractivity contribution >= 4 is 16.1 Å². The van der Waals surface area contributed by atoms with Crippen LogP contribution in [0.3, 0.4) is 0 Å². The van der Waals surface area contributed by atoms with Gasteiger partial charge in [-0.1, -0.05) is 0 Å². The van der Waals surface area contributed by atoms with E-state index in [2.05, 4.69) is 20.7 Å². The molecule has 0 spiro atoms. The Bertz CT molecular complexity index is 1220. The molecule has 42 heavy (non-hydrogen) atoms. The second-order valence-electron chi connectivity index (χ2n) is 10.8. The fraction of sp³-hybridized carbons (Fsp3) is 0.808. The summed E-state index contributed by atoms with van der Waals surface area (Å²) in [5.74, 6) is -0.296. The zero-order chi connectivity index (χ0) is 31.2. The van der Waals surface area contributed by atoms with Crippen molar-refractivity contribution in [3.8, 4) is 6.07 Å². The summed E-state index contributed by atoms with van der Waals surface area (Å²) in [6, 6.07) is 2.16.